The zero-order valence-electron chi connectivity index (χ0n) is 9.79. The normalized spacial score (nSPS) is 23.7. The summed E-state index contributed by atoms with van der Waals surface area (Å²) in [5.41, 5.74) is 0.951. The predicted octanol–water partition coefficient (Wildman–Crippen LogP) is 2.89. The van der Waals surface area contributed by atoms with E-state index < -0.39 is 0 Å². The lowest BCUT2D eigenvalue weighted by atomic mass is 9.92. The standard InChI is InChI=1S/C13H18FNO/c1-3-7-15-12-9(2)8-16-13-10(12)5-4-6-11(13)14/h4-6,9,12,15H,3,7-8H2,1-2H3. The minimum atomic E-state index is -0.257. The number of hydrogen-bond acceptors (Lipinski definition) is 2. The first-order valence-corrected chi connectivity index (χ1v) is 5.88. The molecule has 0 saturated carbocycles. The van der Waals surface area contributed by atoms with Crippen molar-refractivity contribution in [1.29, 1.82) is 0 Å². The molecule has 1 aromatic carbocycles. The summed E-state index contributed by atoms with van der Waals surface area (Å²) in [4.78, 5) is 0. The molecule has 2 atom stereocenters. The van der Waals surface area contributed by atoms with Crippen LogP contribution < -0.4 is 10.1 Å². The topological polar surface area (TPSA) is 21.3 Å². The van der Waals surface area contributed by atoms with Crippen LogP contribution in [0.2, 0.25) is 0 Å². The maximum Gasteiger partial charge on any atom is 0.165 e. The molecule has 0 saturated heterocycles. The van der Waals surface area contributed by atoms with Crippen LogP contribution in [0.5, 0.6) is 5.75 Å². The van der Waals surface area contributed by atoms with Crippen LogP contribution in [-0.4, -0.2) is 13.2 Å². The van der Waals surface area contributed by atoms with E-state index in [1.165, 1.54) is 6.07 Å². The molecule has 0 fully saturated rings. The SMILES string of the molecule is CCCNC1c2cccc(F)c2OCC1C. The number of rotatable bonds is 3. The second-order valence-electron chi connectivity index (χ2n) is 4.38. The van der Waals surface area contributed by atoms with Gasteiger partial charge in [-0.1, -0.05) is 26.0 Å². The molecule has 1 aliphatic heterocycles. The van der Waals surface area contributed by atoms with Crippen LogP contribution in [0.25, 0.3) is 0 Å². The third kappa shape index (κ3) is 2.05. The van der Waals surface area contributed by atoms with Crippen molar-refractivity contribution >= 4 is 0 Å². The average molecular weight is 223 g/mol. The zero-order chi connectivity index (χ0) is 11.5. The quantitative estimate of drug-likeness (QED) is 0.850. The molecule has 0 aromatic heterocycles. The van der Waals surface area contributed by atoms with Crippen LogP contribution in [0.15, 0.2) is 18.2 Å². The van der Waals surface area contributed by atoms with Gasteiger partial charge in [-0.05, 0) is 19.0 Å². The summed E-state index contributed by atoms with van der Waals surface area (Å²) < 4.78 is 19.0. The largest absolute Gasteiger partial charge is 0.490 e. The van der Waals surface area contributed by atoms with Gasteiger partial charge in [-0.3, -0.25) is 0 Å². The van der Waals surface area contributed by atoms with E-state index in [1.54, 1.807) is 6.07 Å². The van der Waals surface area contributed by atoms with Crippen LogP contribution >= 0.6 is 0 Å². The van der Waals surface area contributed by atoms with Gasteiger partial charge in [0.1, 0.15) is 0 Å². The summed E-state index contributed by atoms with van der Waals surface area (Å²) in [7, 11) is 0. The first-order chi connectivity index (χ1) is 7.74. The van der Waals surface area contributed by atoms with Gasteiger partial charge < -0.3 is 10.1 Å². The van der Waals surface area contributed by atoms with Crippen molar-refractivity contribution in [1.82, 2.24) is 5.32 Å². The van der Waals surface area contributed by atoms with Gasteiger partial charge in [0.25, 0.3) is 0 Å². The number of benzene rings is 1. The Labute approximate surface area is 95.8 Å². The Bertz CT molecular complexity index is 367. The first-order valence-electron chi connectivity index (χ1n) is 5.88. The van der Waals surface area contributed by atoms with Crippen molar-refractivity contribution in [2.75, 3.05) is 13.2 Å². The lowest BCUT2D eigenvalue weighted by Crippen LogP contribution is -2.34. The fourth-order valence-electron chi connectivity index (χ4n) is 2.15. The summed E-state index contributed by atoms with van der Waals surface area (Å²) >= 11 is 0. The van der Waals surface area contributed by atoms with Crippen molar-refractivity contribution in [3.63, 3.8) is 0 Å². The van der Waals surface area contributed by atoms with Crippen LogP contribution in [0, 0.1) is 11.7 Å². The summed E-state index contributed by atoms with van der Waals surface area (Å²) in [5, 5.41) is 3.46. The molecule has 2 rings (SSSR count). The van der Waals surface area contributed by atoms with E-state index in [0.717, 1.165) is 18.5 Å². The lowest BCUT2D eigenvalue weighted by molar-refractivity contribution is 0.181. The molecule has 0 radical (unpaired) electrons. The Hall–Kier alpha value is -1.09. The molecule has 0 amide bonds. The highest BCUT2D eigenvalue weighted by atomic mass is 19.1. The molecule has 0 aliphatic carbocycles. The highest BCUT2D eigenvalue weighted by molar-refractivity contribution is 5.39. The molecular weight excluding hydrogens is 205 g/mol. The van der Waals surface area contributed by atoms with Crippen molar-refractivity contribution < 1.29 is 9.13 Å². The molecule has 2 unspecified atom stereocenters. The maximum atomic E-state index is 13.5. The Morgan fingerprint density at radius 1 is 1.50 bits per heavy atom. The Balaban J connectivity index is 2.29. The van der Waals surface area contributed by atoms with Gasteiger partial charge in [-0.2, -0.15) is 0 Å². The van der Waals surface area contributed by atoms with E-state index in [2.05, 4.69) is 19.2 Å². The number of nitrogens with one attached hydrogen (secondary N) is 1. The van der Waals surface area contributed by atoms with Crippen LogP contribution in [-0.2, 0) is 0 Å². The van der Waals surface area contributed by atoms with Gasteiger partial charge in [-0.25, -0.2) is 4.39 Å². The van der Waals surface area contributed by atoms with Crippen LogP contribution in [0.3, 0.4) is 0 Å². The minimum Gasteiger partial charge on any atom is -0.490 e. The average Bonchev–Trinajstić information content (AvgIpc) is 2.28. The van der Waals surface area contributed by atoms with E-state index in [0.29, 0.717) is 18.3 Å². The van der Waals surface area contributed by atoms with Gasteiger partial charge in [0.15, 0.2) is 11.6 Å². The molecule has 88 valence electrons. The molecule has 1 N–H and O–H groups in total. The van der Waals surface area contributed by atoms with E-state index in [9.17, 15) is 4.39 Å². The minimum absolute atomic E-state index is 0.208. The van der Waals surface area contributed by atoms with E-state index in [1.807, 2.05) is 6.07 Å². The molecular formula is C13H18FNO. The summed E-state index contributed by atoms with van der Waals surface area (Å²) in [6.07, 6.45) is 1.08. The fraction of sp³-hybridized carbons (Fsp3) is 0.538. The Morgan fingerprint density at radius 3 is 3.06 bits per heavy atom. The molecule has 16 heavy (non-hydrogen) atoms. The van der Waals surface area contributed by atoms with Gasteiger partial charge in [0.2, 0.25) is 0 Å². The molecule has 3 heteroatoms. The summed E-state index contributed by atoms with van der Waals surface area (Å²) in [5.74, 6) is 0.544. The number of fused-ring (bicyclic) bond motifs is 1. The van der Waals surface area contributed by atoms with Gasteiger partial charge >= 0.3 is 0 Å². The molecule has 1 aromatic rings. The van der Waals surface area contributed by atoms with Crippen LogP contribution in [0.4, 0.5) is 4.39 Å². The van der Waals surface area contributed by atoms with Crippen molar-refractivity contribution in [3.8, 4) is 5.75 Å². The van der Waals surface area contributed by atoms with Crippen molar-refractivity contribution in [2.45, 2.75) is 26.3 Å². The van der Waals surface area contributed by atoms with E-state index >= 15 is 0 Å². The summed E-state index contributed by atoms with van der Waals surface area (Å²) in [6, 6.07) is 5.35. The number of para-hydroxylation sites is 1. The molecule has 0 bridgehead atoms. The number of hydrogen-bond donors (Lipinski definition) is 1. The predicted molar refractivity (Wildman–Crippen MR) is 62.1 cm³/mol. The Kier molecular flexibility index (Phi) is 3.44. The molecule has 1 aliphatic rings. The second-order valence-corrected chi connectivity index (χ2v) is 4.38. The molecule has 2 nitrogen and oxygen atoms in total. The van der Waals surface area contributed by atoms with Crippen molar-refractivity contribution in [2.24, 2.45) is 5.92 Å². The van der Waals surface area contributed by atoms with Gasteiger partial charge in [0, 0.05) is 17.5 Å². The van der Waals surface area contributed by atoms with Crippen LogP contribution in [0.1, 0.15) is 31.9 Å². The number of ether oxygens (including phenoxy) is 1. The number of halogens is 1. The highest BCUT2D eigenvalue weighted by Gasteiger charge is 2.28. The van der Waals surface area contributed by atoms with Gasteiger partial charge in [-0.15, -0.1) is 0 Å². The zero-order valence-corrected chi connectivity index (χ0v) is 9.79. The third-order valence-electron chi connectivity index (χ3n) is 3.01. The Morgan fingerprint density at radius 2 is 2.31 bits per heavy atom. The fourth-order valence-corrected chi connectivity index (χ4v) is 2.15. The lowest BCUT2D eigenvalue weighted by Gasteiger charge is -2.32. The first kappa shape index (κ1) is 11.4. The monoisotopic (exact) mass is 223 g/mol. The van der Waals surface area contributed by atoms with E-state index in [4.69, 9.17) is 4.74 Å². The summed E-state index contributed by atoms with van der Waals surface area (Å²) in [6.45, 7) is 5.78. The van der Waals surface area contributed by atoms with Crippen molar-refractivity contribution in [3.05, 3.63) is 29.6 Å². The third-order valence-corrected chi connectivity index (χ3v) is 3.01. The maximum absolute atomic E-state index is 13.5. The second kappa shape index (κ2) is 4.83. The molecule has 1 heterocycles. The molecule has 0 spiro atoms. The highest BCUT2D eigenvalue weighted by Crippen LogP contribution is 2.36. The van der Waals surface area contributed by atoms with E-state index in [-0.39, 0.29) is 11.9 Å². The smallest absolute Gasteiger partial charge is 0.165 e. The van der Waals surface area contributed by atoms with Gasteiger partial charge in [0.05, 0.1) is 6.61 Å².